The number of nitro groups is 1. The number of carbonyl (C=O) groups excluding carboxylic acids is 2. The zero-order valence-electron chi connectivity index (χ0n) is 11.3. The number of hydrogen-bond acceptors (Lipinski definition) is 5. The summed E-state index contributed by atoms with van der Waals surface area (Å²) in [5.41, 5.74) is -0.0890. The minimum Gasteiger partial charge on any atom is -0.410 e. The number of ether oxygens (including phenoxy) is 1. The number of rotatable bonds is 2. The molecule has 21 heavy (non-hydrogen) atoms. The van der Waals surface area contributed by atoms with Crippen LogP contribution in [0.5, 0.6) is 5.75 Å². The van der Waals surface area contributed by atoms with Crippen molar-refractivity contribution in [3.8, 4) is 5.75 Å². The second-order valence-electron chi connectivity index (χ2n) is 5.68. The molecule has 0 unspecified atom stereocenters. The Labute approximate surface area is 120 Å². The Hall–Kier alpha value is -2.44. The fourth-order valence-electron chi connectivity index (χ4n) is 2.97. The highest BCUT2D eigenvalue weighted by Crippen LogP contribution is 2.45. The van der Waals surface area contributed by atoms with Crippen molar-refractivity contribution in [1.29, 1.82) is 0 Å². The SMILES string of the molecule is O=C1CC2(CCN(C(=O)Oc3ccc([N+](=O)[O-])cc3)C2)C1. The molecule has 1 saturated heterocycles. The van der Waals surface area contributed by atoms with Crippen LogP contribution in [-0.4, -0.2) is 34.8 Å². The molecule has 3 rings (SSSR count). The molecule has 0 atom stereocenters. The van der Waals surface area contributed by atoms with E-state index < -0.39 is 11.0 Å². The molecular formula is C14H14N2O5. The van der Waals surface area contributed by atoms with Crippen molar-refractivity contribution in [3.63, 3.8) is 0 Å². The Bertz CT molecular complexity index is 602. The Balaban J connectivity index is 1.59. The van der Waals surface area contributed by atoms with Crippen molar-refractivity contribution < 1.29 is 19.2 Å². The van der Waals surface area contributed by atoms with Crippen molar-refractivity contribution in [1.82, 2.24) is 4.90 Å². The van der Waals surface area contributed by atoms with Crippen LogP contribution in [0.4, 0.5) is 10.5 Å². The number of hydrogen-bond donors (Lipinski definition) is 0. The zero-order chi connectivity index (χ0) is 15.0. The highest BCUT2D eigenvalue weighted by molar-refractivity contribution is 5.86. The molecule has 1 aliphatic carbocycles. The maximum Gasteiger partial charge on any atom is 0.415 e. The van der Waals surface area contributed by atoms with Gasteiger partial charge < -0.3 is 9.64 Å². The van der Waals surface area contributed by atoms with Gasteiger partial charge in [-0.25, -0.2) is 4.79 Å². The van der Waals surface area contributed by atoms with Gasteiger partial charge in [-0.05, 0) is 18.6 Å². The van der Waals surface area contributed by atoms with Crippen LogP contribution in [0.2, 0.25) is 0 Å². The van der Waals surface area contributed by atoms with Crippen molar-refractivity contribution in [2.24, 2.45) is 5.41 Å². The predicted molar refractivity (Wildman–Crippen MR) is 72.0 cm³/mol. The van der Waals surface area contributed by atoms with E-state index in [2.05, 4.69) is 0 Å². The van der Waals surface area contributed by atoms with Crippen LogP contribution < -0.4 is 4.74 Å². The van der Waals surface area contributed by atoms with Crippen LogP contribution >= 0.6 is 0 Å². The maximum absolute atomic E-state index is 12.0. The molecule has 110 valence electrons. The van der Waals surface area contributed by atoms with Crippen LogP contribution in [0.25, 0.3) is 0 Å². The lowest BCUT2D eigenvalue weighted by Gasteiger charge is -2.36. The van der Waals surface area contributed by atoms with Crippen LogP contribution in [-0.2, 0) is 4.79 Å². The van der Waals surface area contributed by atoms with E-state index in [0.717, 1.165) is 6.42 Å². The number of ketones is 1. The maximum atomic E-state index is 12.0. The second kappa shape index (κ2) is 4.83. The molecular weight excluding hydrogens is 276 g/mol. The number of benzene rings is 1. The van der Waals surface area contributed by atoms with Gasteiger partial charge in [-0.2, -0.15) is 0 Å². The van der Waals surface area contributed by atoms with E-state index >= 15 is 0 Å². The van der Waals surface area contributed by atoms with Gasteiger partial charge in [0.05, 0.1) is 4.92 Å². The first-order valence-electron chi connectivity index (χ1n) is 6.70. The van der Waals surface area contributed by atoms with Crippen LogP contribution in [0.3, 0.4) is 0 Å². The molecule has 0 bridgehead atoms. The standard InChI is InChI=1S/C14H14N2O5/c17-11-7-14(8-11)5-6-15(9-14)13(18)21-12-3-1-10(2-4-12)16(19)20/h1-4H,5-9H2. The van der Waals surface area contributed by atoms with Crippen molar-refractivity contribution in [3.05, 3.63) is 34.4 Å². The van der Waals surface area contributed by atoms with E-state index in [4.69, 9.17) is 4.74 Å². The number of Topliss-reactive ketones (excluding diaryl/α,β-unsaturated/α-hetero) is 1. The summed E-state index contributed by atoms with van der Waals surface area (Å²) in [6.07, 6.45) is 1.46. The van der Waals surface area contributed by atoms with Gasteiger partial charge in [0, 0.05) is 43.5 Å². The average Bonchev–Trinajstić information content (AvgIpc) is 2.84. The van der Waals surface area contributed by atoms with Crippen LogP contribution in [0, 0.1) is 15.5 Å². The number of carbonyl (C=O) groups is 2. The molecule has 0 aromatic heterocycles. The molecule has 1 heterocycles. The lowest BCUT2D eigenvalue weighted by atomic mass is 9.67. The number of nitrogens with zero attached hydrogens (tertiary/aromatic N) is 2. The summed E-state index contributed by atoms with van der Waals surface area (Å²) in [6, 6.07) is 5.38. The van der Waals surface area contributed by atoms with Gasteiger partial charge in [0.25, 0.3) is 5.69 Å². The fourth-order valence-corrected chi connectivity index (χ4v) is 2.97. The average molecular weight is 290 g/mol. The van der Waals surface area contributed by atoms with Crippen molar-refractivity contribution in [2.75, 3.05) is 13.1 Å². The number of amides is 1. The first-order chi connectivity index (χ1) is 9.97. The monoisotopic (exact) mass is 290 g/mol. The zero-order valence-corrected chi connectivity index (χ0v) is 11.3. The first-order valence-corrected chi connectivity index (χ1v) is 6.70. The Kier molecular flexibility index (Phi) is 3.12. The minimum absolute atomic E-state index is 0.0361. The van der Waals surface area contributed by atoms with E-state index in [9.17, 15) is 19.7 Å². The van der Waals surface area contributed by atoms with E-state index in [1.54, 1.807) is 4.90 Å². The molecule has 1 spiro atoms. The first kappa shape index (κ1) is 13.5. The molecule has 1 aromatic carbocycles. The third kappa shape index (κ3) is 2.58. The Morgan fingerprint density at radius 1 is 1.29 bits per heavy atom. The summed E-state index contributed by atoms with van der Waals surface area (Å²) >= 11 is 0. The summed E-state index contributed by atoms with van der Waals surface area (Å²) in [4.78, 5) is 34.8. The number of nitro benzene ring substituents is 1. The summed E-state index contributed by atoms with van der Waals surface area (Å²) in [5, 5.41) is 10.5. The molecule has 2 fully saturated rings. The van der Waals surface area contributed by atoms with Gasteiger partial charge in [-0.1, -0.05) is 0 Å². The molecule has 1 saturated carbocycles. The van der Waals surface area contributed by atoms with Crippen LogP contribution in [0.1, 0.15) is 19.3 Å². The summed E-state index contributed by atoms with van der Waals surface area (Å²) in [7, 11) is 0. The molecule has 2 aliphatic rings. The van der Waals surface area contributed by atoms with Crippen molar-refractivity contribution >= 4 is 17.6 Å². The third-order valence-electron chi connectivity index (χ3n) is 4.09. The fraction of sp³-hybridized carbons (Fsp3) is 0.429. The normalized spacial score (nSPS) is 19.4. The lowest BCUT2D eigenvalue weighted by molar-refractivity contribution is -0.384. The number of non-ortho nitro benzene ring substituents is 1. The summed E-state index contributed by atoms with van der Waals surface area (Å²) in [5.74, 6) is 0.525. The Morgan fingerprint density at radius 3 is 2.52 bits per heavy atom. The molecule has 7 nitrogen and oxygen atoms in total. The van der Waals surface area contributed by atoms with Crippen molar-refractivity contribution in [2.45, 2.75) is 19.3 Å². The van der Waals surface area contributed by atoms with E-state index in [1.165, 1.54) is 24.3 Å². The predicted octanol–water partition coefficient (Wildman–Crippen LogP) is 2.15. The number of likely N-dealkylation sites (tertiary alicyclic amines) is 1. The molecule has 1 aromatic rings. The molecule has 0 radical (unpaired) electrons. The van der Waals surface area contributed by atoms with Crippen LogP contribution in [0.15, 0.2) is 24.3 Å². The molecule has 7 heteroatoms. The highest BCUT2D eigenvalue weighted by Gasteiger charge is 2.49. The van der Waals surface area contributed by atoms with Gasteiger partial charge in [-0.15, -0.1) is 0 Å². The summed E-state index contributed by atoms with van der Waals surface area (Å²) < 4.78 is 5.20. The topological polar surface area (TPSA) is 89.8 Å². The van der Waals surface area contributed by atoms with Gasteiger partial charge >= 0.3 is 6.09 Å². The smallest absolute Gasteiger partial charge is 0.410 e. The van der Waals surface area contributed by atoms with Gasteiger partial charge in [0.15, 0.2) is 0 Å². The van der Waals surface area contributed by atoms with Gasteiger partial charge in [0.2, 0.25) is 0 Å². The molecule has 1 aliphatic heterocycles. The largest absolute Gasteiger partial charge is 0.415 e. The molecule has 0 N–H and O–H groups in total. The third-order valence-corrected chi connectivity index (χ3v) is 4.09. The summed E-state index contributed by atoms with van der Waals surface area (Å²) in [6.45, 7) is 1.13. The van der Waals surface area contributed by atoms with Gasteiger partial charge in [0.1, 0.15) is 11.5 Å². The van der Waals surface area contributed by atoms with E-state index in [-0.39, 0.29) is 22.6 Å². The quantitative estimate of drug-likeness (QED) is 0.615. The second-order valence-corrected chi connectivity index (χ2v) is 5.68. The van der Waals surface area contributed by atoms with Gasteiger partial charge in [-0.3, -0.25) is 14.9 Å². The lowest BCUT2D eigenvalue weighted by Crippen LogP contribution is -2.41. The highest BCUT2D eigenvalue weighted by atomic mass is 16.6. The molecule has 1 amide bonds. The minimum atomic E-state index is -0.510. The Morgan fingerprint density at radius 2 is 1.95 bits per heavy atom. The van der Waals surface area contributed by atoms with E-state index in [0.29, 0.717) is 25.9 Å². The van der Waals surface area contributed by atoms with E-state index in [1.807, 2.05) is 0 Å².